The van der Waals surface area contributed by atoms with Crippen LogP contribution in [-0.4, -0.2) is 27.8 Å². The number of rotatable bonds is 3. The Hall–Kier alpha value is -1.46. The van der Waals surface area contributed by atoms with Gasteiger partial charge < -0.3 is 10.5 Å². The highest BCUT2D eigenvalue weighted by Gasteiger charge is 2.17. The predicted molar refractivity (Wildman–Crippen MR) is 68.1 cm³/mol. The first-order chi connectivity index (χ1) is 8.86. The summed E-state index contributed by atoms with van der Waals surface area (Å²) in [5.74, 6) is 1.57. The van der Waals surface area contributed by atoms with Gasteiger partial charge in [0.15, 0.2) is 11.5 Å². The van der Waals surface area contributed by atoms with Crippen LogP contribution in [-0.2, 0) is 17.7 Å². The van der Waals surface area contributed by atoms with E-state index in [-0.39, 0.29) is 0 Å². The molecule has 0 saturated carbocycles. The van der Waals surface area contributed by atoms with Crippen LogP contribution >= 0.6 is 0 Å². The van der Waals surface area contributed by atoms with Gasteiger partial charge >= 0.3 is 0 Å². The van der Waals surface area contributed by atoms with E-state index in [1.165, 1.54) is 0 Å². The molecule has 18 heavy (non-hydrogen) atoms. The number of nitrogens with zero attached hydrogens (tertiary/aromatic N) is 3. The Morgan fingerprint density at radius 2 is 2.17 bits per heavy atom. The number of pyridine rings is 1. The molecule has 0 atom stereocenters. The van der Waals surface area contributed by atoms with Crippen LogP contribution in [0.5, 0.6) is 0 Å². The average molecular weight is 246 g/mol. The van der Waals surface area contributed by atoms with Crippen molar-refractivity contribution in [2.45, 2.75) is 25.8 Å². The molecule has 5 heteroatoms. The highest BCUT2D eigenvalue weighted by molar-refractivity contribution is 5.38. The molecule has 1 saturated heterocycles. The van der Waals surface area contributed by atoms with E-state index in [1.807, 2.05) is 22.7 Å². The topological polar surface area (TPSA) is 65.4 Å². The maximum Gasteiger partial charge on any atom is 0.155 e. The number of hydrogen-bond acceptors (Lipinski definition) is 4. The number of fused-ring (bicyclic) bond motifs is 1. The summed E-state index contributed by atoms with van der Waals surface area (Å²) in [6, 6.07) is 5.93. The van der Waals surface area contributed by atoms with Gasteiger partial charge in [0, 0.05) is 26.2 Å². The molecule has 3 heterocycles. The lowest BCUT2D eigenvalue weighted by Crippen LogP contribution is -2.18. The van der Waals surface area contributed by atoms with E-state index in [0.717, 1.165) is 49.6 Å². The number of aromatic nitrogens is 3. The monoisotopic (exact) mass is 246 g/mol. The van der Waals surface area contributed by atoms with Crippen LogP contribution < -0.4 is 5.73 Å². The fraction of sp³-hybridized carbons (Fsp3) is 0.538. The van der Waals surface area contributed by atoms with Gasteiger partial charge in [-0.3, -0.25) is 0 Å². The Morgan fingerprint density at radius 3 is 2.94 bits per heavy atom. The highest BCUT2D eigenvalue weighted by Crippen LogP contribution is 2.19. The zero-order valence-corrected chi connectivity index (χ0v) is 10.4. The van der Waals surface area contributed by atoms with Crippen LogP contribution in [0.2, 0.25) is 0 Å². The van der Waals surface area contributed by atoms with Gasteiger partial charge in [-0.25, -0.2) is 9.50 Å². The van der Waals surface area contributed by atoms with Crippen molar-refractivity contribution in [1.29, 1.82) is 0 Å². The van der Waals surface area contributed by atoms with E-state index in [0.29, 0.717) is 12.5 Å². The lowest BCUT2D eigenvalue weighted by Gasteiger charge is -2.20. The van der Waals surface area contributed by atoms with E-state index in [2.05, 4.69) is 10.1 Å². The van der Waals surface area contributed by atoms with Crippen molar-refractivity contribution >= 4 is 5.65 Å². The summed E-state index contributed by atoms with van der Waals surface area (Å²) in [5, 5.41) is 4.56. The first-order valence-corrected chi connectivity index (χ1v) is 6.48. The molecular weight excluding hydrogens is 228 g/mol. The van der Waals surface area contributed by atoms with Crippen molar-refractivity contribution in [3.63, 3.8) is 0 Å². The van der Waals surface area contributed by atoms with Gasteiger partial charge in [0.1, 0.15) is 0 Å². The fourth-order valence-electron chi connectivity index (χ4n) is 2.45. The van der Waals surface area contributed by atoms with Crippen molar-refractivity contribution in [2.24, 2.45) is 11.7 Å². The Bertz CT molecular complexity index is 531. The molecule has 2 aromatic rings. The number of ether oxygens (including phenoxy) is 1. The summed E-state index contributed by atoms with van der Waals surface area (Å²) < 4.78 is 7.23. The summed E-state index contributed by atoms with van der Waals surface area (Å²) in [7, 11) is 0. The van der Waals surface area contributed by atoms with Gasteiger partial charge in [0.25, 0.3) is 0 Å². The molecule has 2 N–H and O–H groups in total. The second-order valence-electron chi connectivity index (χ2n) is 4.78. The molecule has 0 spiro atoms. The molecule has 5 nitrogen and oxygen atoms in total. The molecule has 0 bridgehead atoms. The summed E-state index contributed by atoms with van der Waals surface area (Å²) >= 11 is 0. The molecule has 0 unspecified atom stereocenters. The second-order valence-corrected chi connectivity index (χ2v) is 4.78. The average Bonchev–Trinajstić information content (AvgIpc) is 2.82. The van der Waals surface area contributed by atoms with E-state index in [4.69, 9.17) is 10.5 Å². The Kier molecular flexibility index (Phi) is 3.25. The van der Waals surface area contributed by atoms with E-state index in [9.17, 15) is 0 Å². The van der Waals surface area contributed by atoms with Gasteiger partial charge in [0.05, 0.1) is 5.69 Å². The van der Waals surface area contributed by atoms with E-state index >= 15 is 0 Å². The lowest BCUT2D eigenvalue weighted by molar-refractivity contribution is 0.0660. The van der Waals surface area contributed by atoms with Crippen molar-refractivity contribution in [3.8, 4) is 0 Å². The minimum atomic E-state index is 0.484. The number of hydrogen-bond donors (Lipinski definition) is 1. The molecule has 0 radical (unpaired) electrons. The Labute approximate surface area is 106 Å². The van der Waals surface area contributed by atoms with Gasteiger partial charge in [-0.2, -0.15) is 5.10 Å². The van der Waals surface area contributed by atoms with E-state index in [1.54, 1.807) is 0 Å². The summed E-state index contributed by atoms with van der Waals surface area (Å²) in [6.45, 7) is 2.22. The van der Waals surface area contributed by atoms with Crippen molar-refractivity contribution in [3.05, 3.63) is 29.7 Å². The molecule has 0 aliphatic carbocycles. The van der Waals surface area contributed by atoms with Gasteiger partial charge in [-0.05, 0) is 30.9 Å². The molecule has 2 aromatic heterocycles. The molecular formula is C13H18N4O. The molecule has 1 aliphatic rings. The highest BCUT2D eigenvalue weighted by atomic mass is 16.5. The lowest BCUT2D eigenvalue weighted by atomic mass is 9.96. The minimum absolute atomic E-state index is 0.484. The second kappa shape index (κ2) is 5.04. The quantitative estimate of drug-likeness (QED) is 0.882. The standard InChI is InChI=1S/C13H18N4O/c14-9-11-2-1-3-13-15-12(16-17(11)13)8-10-4-6-18-7-5-10/h1-3,10H,4-9,14H2. The molecule has 1 fully saturated rings. The molecule has 96 valence electrons. The Balaban J connectivity index is 1.84. The normalized spacial score (nSPS) is 17.4. The molecule has 0 aromatic carbocycles. The minimum Gasteiger partial charge on any atom is -0.381 e. The van der Waals surface area contributed by atoms with Crippen LogP contribution in [0.3, 0.4) is 0 Å². The maximum absolute atomic E-state index is 5.70. The first-order valence-electron chi connectivity index (χ1n) is 6.48. The third-order valence-corrected chi connectivity index (χ3v) is 3.50. The molecule has 3 rings (SSSR count). The van der Waals surface area contributed by atoms with Crippen LogP contribution in [0.1, 0.15) is 24.4 Å². The zero-order valence-electron chi connectivity index (χ0n) is 10.4. The van der Waals surface area contributed by atoms with Crippen molar-refractivity contribution in [1.82, 2.24) is 14.6 Å². The maximum atomic E-state index is 5.70. The molecule has 1 aliphatic heterocycles. The van der Waals surface area contributed by atoms with Crippen LogP contribution in [0.15, 0.2) is 18.2 Å². The van der Waals surface area contributed by atoms with Crippen molar-refractivity contribution < 1.29 is 4.74 Å². The fourth-order valence-corrected chi connectivity index (χ4v) is 2.45. The van der Waals surface area contributed by atoms with Gasteiger partial charge in [0.2, 0.25) is 0 Å². The van der Waals surface area contributed by atoms with Crippen LogP contribution in [0.4, 0.5) is 0 Å². The summed E-state index contributed by atoms with van der Waals surface area (Å²) in [5.41, 5.74) is 7.59. The molecule has 0 amide bonds. The first kappa shape index (κ1) is 11.6. The summed E-state index contributed by atoms with van der Waals surface area (Å²) in [4.78, 5) is 4.57. The number of nitrogens with two attached hydrogens (primary N) is 1. The van der Waals surface area contributed by atoms with Crippen molar-refractivity contribution in [2.75, 3.05) is 13.2 Å². The zero-order chi connectivity index (χ0) is 12.4. The third kappa shape index (κ3) is 2.23. The van der Waals surface area contributed by atoms with Crippen LogP contribution in [0.25, 0.3) is 5.65 Å². The third-order valence-electron chi connectivity index (χ3n) is 3.50. The predicted octanol–water partition coefficient (Wildman–Crippen LogP) is 1.16. The largest absolute Gasteiger partial charge is 0.381 e. The van der Waals surface area contributed by atoms with Crippen LogP contribution in [0, 0.1) is 5.92 Å². The SMILES string of the molecule is NCc1cccc2nc(CC3CCOCC3)nn12. The van der Waals surface area contributed by atoms with Gasteiger partial charge in [-0.15, -0.1) is 0 Å². The van der Waals surface area contributed by atoms with Gasteiger partial charge in [-0.1, -0.05) is 6.07 Å². The summed E-state index contributed by atoms with van der Waals surface area (Å²) in [6.07, 6.45) is 3.16. The smallest absolute Gasteiger partial charge is 0.155 e. The Morgan fingerprint density at radius 1 is 1.33 bits per heavy atom. The van der Waals surface area contributed by atoms with E-state index < -0.39 is 0 Å².